The van der Waals surface area contributed by atoms with Crippen LogP contribution in [0, 0.1) is 6.92 Å². The Hall–Kier alpha value is -3.29. The number of carbonyl (C=O) groups excluding carboxylic acids is 1. The van der Waals surface area contributed by atoms with Crippen LogP contribution in [0.15, 0.2) is 36.7 Å². The first-order valence-electron chi connectivity index (χ1n) is 13.2. The molecular formula is C28H38N6O2. The van der Waals surface area contributed by atoms with Crippen LogP contribution in [0.25, 0.3) is 11.0 Å². The van der Waals surface area contributed by atoms with Gasteiger partial charge in [-0.2, -0.15) is 4.98 Å². The van der Waals surface area contributed by atoms with Crippen molar-refractivity contribution in [2.75, 3.05) is 36.4 Å². The topological polar surface area (TPSA) is 75.5 Å². The number of nitrogens with zero attached hydrogens (tertiary/aromatic N) is 5. The van der Waals surface area contributed by atoms with E-state index < -0.39 is 5.60 Å². The van der Waals surface area contributed by atoms with Crippen molar-refractivity contribution in [3.8, 4) is 0 Å². The summed E-state index contributed by atoms with van der Waals surface area (Å²) >= 11 is 0. The molecule has 2 aliphatic rings. The SMILES string of the molecule is Cc1cn(C2CCCCC2)c2nc(Nc3ccc(N4CCN(C(=O)OC(C)(C)C)CC4)cc3)ncc12. The van der Waals surface area contributed by atoms with Crippen molar-refractivity contribution >= 4 is 34.4 Å². The minimum absolute atomic E-state index is 0.233. The largest absolute Gasteiger partial charge is 0.444 e. The van der Waals surface area contributed by atoms with E-state index in [2.05, 4.69) is 57.2 Å². The molecule has 0 bridgehead atoms. The van der Waals surface area contributed by atoms with Crippen molar-refractivity contribution in [2.45, 2.75) is 71.4 Å². The van der Waals surface area contributed by atoms with E-state index in [0.717, 1.165) is 35.5 Å². The van der Waals surface area contributed by atoms with Crippen LogP contribution >= 0.6 is 0 Å². The molecule has 5 rings (SSSR count). The zero-order valence-corrected chi connectivity index (χ0v) is 22.0. The molecule has 0 radical (unpaired) electrons. The molecule has 1 saturated carbocycles. The van der Waals surface area contributed by atoms with Crippen LogP contribution < -0.4 is 10.2 Å². The molecule has 0 spiro atoms. The molecule has 8 nitrogen and oxygen atoms in total. The summed E-state index contributed by atoms with van der Waals surface area (Å²) in [4.78, 5) is 25.9. The van der Waals surface area contributed by atoms with E-state index >= 15 is 0 Å². The number of fused-ring (bicyclic) bond motifs is 1. The highest BCUT2D eigenvalue weighted by atomic mass is 16.6. The van der Waals surface area contributed by atoms with Crippen molar-refractivity contribution in [3.05, 3.63) is 42.2 Å². The zero-order chi connectivity index (χ0) is 25.3. The van der Waals surface area contributed by atoms with Gasteiger partial charge in [-0.1, -0.05) is 19.3 Å². The van der Waals surface area contributed by atoms with Gasteiger partial charge < -0.3 is 24.4 Å². The molecule has 3 aromatic rings. The molecule has 2 fully saturated rings. The molecule has 1 amide bonds. The number of piperazine rings is 1. The van der Waals surface area contributed by atoms with Gasteiger partial charge in [0.25, 0.3) is 0 Å². The van der Waals surface area contributed by atoms with Gasteiger partial charge in [-0.25, -0.2) is 9.78 Å². The summed E-state index contributed by atoms with van der Waals surface area (Å²) in [6.45, 7) is 10.7. The lowest BCUT2D eigenvalue weighted by atomic mass is 9.95. The molecule has 2 aromatic heterocycles. The minimum atomic E-state index is -0.469. The highest BCUT2D eigenvalue weighted by Gasteiger charge is 2.26. The summed E-state index contributed by atoms with van der Waals surface area (Å²) in [6.07, 6.45) is 10.3. The van der Waals surface area contributed by atoms with Gasteiger partial charge in [0.1, 0.15) is 11.2 Å². The predicted octanol–water partition coefficient (Wildman–Crippen LogP) is 6.05. The summed E-state index contributed by atoms with van der Waals surface area (Å²) in [5.74, 6) is 0.622. The fourth-order valence-electron chi connectivity index (χ4n) is 5.24. The second-order valence-electron chi connectivity index (χ2n) is 11.1. The summed E-state index contributed by atoms with van der Waals surface area (Å²) in [5.41, 5.74) is 3.89. The number of ether oxygens (including phenoxy) is 1. The van der Waals surface area contributed by atoms with Crippen LogP contribution in [0.2, 0.25) is 0 Å². The third-order valence-electron chi connectivity index (χ3n) is 7.16. The van der Waals surface area contributed by atoms with E-state index in [4.69, 9.17) is 9.72 Å². The molecule has 1 aliphatic heterocycles. The van der Waals surface area contributed by atoms with Crippen LogP contribution in [0.1, 0.15) is 64.5 Å². The zero-order valence-electron chi connectivity index (χ0n) is 22.0. The average molecular weight is 491 g/mol. The highest BCUT2D eigenvalue weighted by Crippen LogP contribution is 2.33. The van der Waals surface area contributed by atoms with Gasteiger partial charge in [0, 0.05) is 61.4 Å². The van der Waals surface area contributed by atoms with E-state index in [1.54, 1.807) is 4.90 Å². The van der Waals surface area contributed by atoms with Crippen molar-refractivity contribution in [1.82, 2.24) is 19.4 Å². The average Bonchev–Trinajstić information content (AvgIpc) is 3.20. The number of hydrogen-bond donors (Lipinski definition) is 1. The molecule has 192 valence electrons. The van der Waals surface area contributed by atoms with Gasteiger partial charge in [-0.05, 0) is 70.4 Å². The second-order valence-corrected chi connectivity index (χ2v) is 11.1. The van der Waals surface area contributed by atoms with Crippen LogP contribution in [0.3, 0.4) is 0 Å². The molecule has 36 heavy (non-hydrogen) atoms. The standard InChI is InChI=1S/C28H38N6O2/c1-20-19-34(23-8-6-5-7-9-23)25-24(20)18-29-26(31-25)30-21-10-12-22(13-11-21)32-14-16-33(17-15-32)27(35)36-28(2,3)4/h10-13,18-19,23H,5-9,14-17H2,1-4H3,(H,29,30,31). The lowest BCUT2D eigenvalue weighted by Crippen LogP contribution is -2.50. The molecule has 1 aliphatic carbocycles. The second kappa shape index (κ2) is 9.99. The monoisotopic (exact) mass is 490 g/mol. The number of anilines is 3. The number of aryl methyl sites for hydroxylation is 1. The van der Waals surface area contributed by atoms with E-state index in [1.165, 1.54) is 37.7 Å². The van der Waals surface area contributed by atoms with Crippen LogP contribution in [0.5, 0.6) is 0 Å². The van der Waals surface area contributed by atoms with Crippen molar-refractivity contribution in [1.29, 1.82) is 0 Å². The summed E-state index contributed by atoms with van der Waals surface area (Å²) in [5, 5.41) is 4.52. The molecule has 0 atom stereocenters. The summed E-state index contributed by atoms with van der Waals surface area (Å²) < 4.78 is 7.88. The Labute approximate surface area is 213 Å². The van der Waals surface area contributed by atoms with E-state index in [9.17, 15) is 4.79 Å². The van der Waals surface area contributed by atoms with Gasteiger partial charge in [0.05, 0.1) is 0 Å². The van der Waals surface area contributed by atoms with Gasteiger partial charge in [0.2, 0.25) is 5.95 Å². The molecule has 3 heterocycles. The van der Waals surface area contributed by atoms with Crippen LogP contribution in [-0.4, -0.2) is 57.3 Å². The summed E-state index contributed by atoms with van der Waals surface area (Å²) in [6, 6.07) is 8.88. The maximum Gasteiger partial charge on any atom is 0.410 e. The maximum absolute atomic E-state index is 12.3. The van der Waals surface area contributed by atoms with Gasteiger partial charge in [-0.15, -0.1) is 0 Å². The molecule has 1 N–H and O–H groups in total. The minimum Gasteiger partial charge on any atom is -0.444 e. The van der Waals surface area contributed by atoms with E-state index in [0.29, 0.717) is 25.1 Å². The number of benzene rings is 1. The van der Waals surface area contributed by atoms with Gasteiger partial charge in [0.15, 0.2) is 0 Å². The molecule has 8 heteroatoms. The number of hydrogen-bond acceptors (Lipinski definition) is 6. The third kappa shape index (κ3) is 5.42. The Kier molecular flexibility index (Phi) is 6.77. The van der Waals surface area contributed by atoms with Crippen molar-refractivity contribution in [2.24, 2.45) is 0 Å². The number of carbonyl (C=O) groups is 1. The van der Waals surface area contributed by atoms with Crippen LogP contribution in [0.4, 0.5) is 22.1 Å². The Balaban J connectivity index is 1.23. The fourth-order valence-corrected chi connectivity index (χ4v) is 5.24. The Morgan fingerprint density at radius 1 is 1.03 bits per heavy atom. The molecule has 1 aromatic carbocycles. The van der Waals surface area contributed by atoms with Gasteiger partial charge >= 0.3 is 6.09 Å². The molecule has 1 saturated heterocycles. The van der Waals surface area contributed by atoms with E-state index in [1.807, 2.05) is 27.0 Å². The molecule has 0 unspecified atom stereocenters. The third-order valence-corrected chi connectivity index (χ3v) is 7.16. The number of aromatic nitrogens is 3. The fraction of sp³-hybridized carbons (Fsp3) is 0.536. The Morgan fingerprint density at radius 3 is 2.39 bits per heavy atom. The van der Waals surface area contributed by atoms with Crippen molar-refractivity contribution < 1.29 is 9.53 Å². The number of rotatable bonds is 4. The quantitative estimate of drug-likeness (QED) is 0.480. The number of amides is 1. The first-order chi connectivity index (χ1) is 17.3. The first-order valence-corrected chi connectivity index (χ1v) is 13.2. The maximum atomic E-state index is 12.3. The van der Waals surface area contributed by atoms with E-state index in [-0.39, 0.29) is 6.09 Å². The first kappa shape index (κ1) is 24.4. The molecular weight excluding hydrogens is 452 g/mol. The normalized spacial score (nSPS) is 17.4. The Morgan fingerprint density at radius 2 is 1.72 bits per heavy atom. The summed E-state index contributed by atoms with van der Waals surface area (Å²) in [7, 11) is 0. The smallest absolute Gasteiger partial charge is 0.410 e. The lowest BCUT2D eigenvalue weighted by Gasteiger charge is -2.36. The Bertz CT molecular complexity index is 1200. The van der Waals surface area contributed by atoms with Crippen LogP contribution in [-0.2, 0) is 4.74 Å². The number of nitrogens with one attached hydrogen (secondary N) is 1. The lowest BCUT2D eigenvalue weighted by molar-refractivity contribution is 0.0240. The predicted molar refractivity (Wildman–Crippen MR) is 144 cm³/mol. The highest BCUT2D eigenvalue weighted by molar-refractivity contribution is 5.81. The van der Waals surface area contributed by atoms with Crippen molar-refractivity contribution in [3.63, 3.8) is 0 Å². The van der Waals surface area contributed by atoms with Gasteiger partial charge in [-0.3, -0.25) is 0 Å².